The minimum atomic E-state index is -3.73. The van der Waals surface area contributed by atoms with Crippen molar-refractivity contribution in [3.05, 3.63) is 47.7 Å². The number of nitrogens with zero attached hydrogens (tertiary/aromatic N) is 2. The van der Waals surface area contributed by atoms with E-state index in [1.807, 2.05) is 0 Å². The van der Waals surface area contributed by atoms with Crippen LogP contribution in [0.15, 0.2) is 50.5 Å². The Morgan fingerprint density at radius 3 is 2.70 bits per heavy atom. The molecule has 0 fully saturated rings. The van der Waals surface area contributed by atoms with E-state index < -0.39 is 22.5 Å². The van der Waals surface area contributed by atoms with E-state index in [-0.39, 0.29) is 16.7 Å². The number of carbonyl (C=O) groups excluding carboxylic acids is 1. The molecule has 2 heterocycles. The number of benzene rings is 1. The molecule has 3 rings (SSSR count). The molecule has 0 saturated heterocycles. The topological polar surface area (TPSA) is 121 Å². The maximum atomic E-state index is 11.9. The maximum Gasteiger partial charge on any atom is 0.321 e. The van der Waals surface area contributed by atoms with Gasteiger partial charge >= 0.3 is 5.97 Å². The molecule has 0 aliphatic carbocycles. The van der Waals surface area contributed by atoms with Crippen molar-refractivity contribution in [1.29, 1.82) is 0 Å². The zero-order chi connectivity index (χ0) is 19.3. The highest BCUT2D eigenvalue weighted by molar-refractivity contribution is 7.91. The van der Waals surface area contributed by atoms with Crippen LogP contribution in [0.2, 0.25) is 0 Å². The van der Waals surface area contributed by atoms with Crippen LogP contribution in [-0.4, -0.2) is 38.2 Å². The fourth-order valence-corrected chi connectivity index (χ4v) is 4.01. The van der Waals surface area contributed by atoms with Crippen LogP contribution in [0.25, 0.3) is 11.4 Å². The summed E-state index contributed by atoms with van der Waals surface area (Å²) in [5.41, 5.74) is 0.709. The molecule has 2 aromatic heterocycles. The number of ether oxygens (including phenoxy) is 2. The van der Waals surface area contributed by atoms with Gasteiger partial charge in [-0.15, -0.1) is 11.3 Å². The first-order chi connectivity index (χ1) is 13.0. The highest BCUT2D eigenvalue weighted by atomic mass is 32.2. The van der Waals surface area contributed by atoms with Crippen molar-refractivity contribution in [1.82, 2.24) is 14.9 Å². The van der Waals surface area contributed by atoms with Crippen molar-refractivity contribution in [2.24, 2.45) is 0 Å². The fraction of sp³-hybridized carbons (Fsp3) is 0.188. The van der Waals surface area contributed by atoms with Crippen LogP contribution >= 0.6 is 11.3 Å². The first-order valence-corrected chi connectivity index (χ1v) is 10.00. The molecule has 27 heavy (non-hydrogen) atoms. The van der Waals surface area contributed by atoms with Crippen molar-refractivity contribution in [3.8, 4) is 17.1 Å². The van der Waals surface area contributed by atoms with Gasteiger partial charge in [0.25, 0.3) is 15.9 Å². The minimum Gasteiger partial charge on any atom is -0.497 e. The number of hydrogen-bond acceptors (Lipinski definition) is 9. The van der Waals surface area contributed by atoms with Crippen LogP contribution in [0.1, 0.15) is 5.89 Å². The van der Waals surface area contributed by atoms with Crippen LogP contribution in [0.3, 0.4) is 0 Å². The van der Waals surface area contributed by atoms with Gasteiger partial charge < -0.3 is 14.0 Å². The van der Waals surface area contributed by atoms with E-state index in [1.165, 1.54) is 6.07 Å². The van der Waals surface area contributed by atoms with Crippen LogP contribution in [0.4, 0.5) is 0 Å². The lowest BCUT2D eigenvalue weighted by atomic mass is 10.2. The summed E-state index contributed by atoms with van der Waals surface area (Å²) in [4.78, 5) is 15.9. The van der Waals surface area contributed by atoms with Crippen molar-refractivity contribution < 1.29 is 27.2 Å². The minimum absolute atomic E-state index is 0.0929. The van der Waals surface area contributed by atoms with Gasteiger partial charge in [-0.05, 0) is 35.7 Å². The number of esters is 1. The number of hydrogen-bond donors (Lipinski definition) is 1. The van der Waals surface area contributed by atoms with Gasteiger partial charge in [0.2, 0.25) is 5.82 Å². The monoisotopic (exact) mass is 409 g/mol. The molecule has 0 saturated carbocycles. The Morgan fingerprint density at radius 1 is 1.26 bits per heavy atom. The van der Waals surface area contributed by atoms with Crippen molar-refractivity contribution >= 4 is 27.3 Å². The first kappa shape index (κ1) is 19.0. The third-order valence-corrected chi connectivity index (χ3v) is 6.14. The Balaban J connectivity index is 1.51. The third kappa shape index (κ3) is 4.90. The summed E-state index contributed by atoms with van der Waals surface area (Å²) in [7, 11) is -2.16. The average Bonchev–Trinajstić information content (AvgIpc) is 3.37. The Bertz CT molecular complexity index is 997. The molecule has 0 atom stereocenters. The molecule has 0 aliphatic heterocycles. The predicted molar refractivity (Wildman–Crippen MR) is 95.6 cm³/mol. The predicted octanol–water partition coefficient (Wildman–Crippen LogP) is 1.83. The lowest BCUT2D eigenvalue weighted by molar-refractivity contribution is -0.144. The smallest absolute Gasteiger partial charge is 0.321 e. The third-order valence-electron chi connectivity index (χ3n) is 3.34. The molecule has 9 nitrogen and oxygen atoms in total. The SMILES string of the molecule is COc1ccc(-c2noc(COC(=O)CNS(=O)(=O)c3cccs3)n2)cc1. The molecular formula is C16H15N3O6S2. The molecule has 0 bridgehead atoms. The van der Waals surface area contributed by atoms with E-state index >= 15 is 0 Å². The van der Waals surface area contributed by atoms with E-state index in [0.29, 0.717) is 17.1 Å². The van der Waals surface area contributed by atoms with Gasteiger partial charge in [-0.3, -0.25) is 4.79 Å². The lowest BCUT2D eigenvalue weighted by Crippen LogP contribution is -2.30. The summed E-state index contributed by atoms with van der Waals surface area (Å²) >= 11 is 1.05. The van der Waals surface area contributed by atoms with Gasteiger partial charge in [0.15, 0.2) is 6.61 Å². The molecule has 0 amide bonds. The van der Waals surface area contributed by atoms with E-state index in [4.69, 9.17) is 14.0 Å². The standard InChI is InChI=1S/C16H15N3O6S2/c1-23-12-6-4-11(5-7-12)16-18-13(25-19-16)10-24-14(20)9-17-27(21,22)15-3-2-8-26-15/h2-8,17H,9-10H2,1H3. The van der Waals surface area contributed by atoms with Crippen molar-refractivity contribution in [2.45, 2.75) is 10.8 Å². The quantitative estimate of drug-likeness (QED) is 0.560. The molecule has 1 aromatic carbocycles. The fourth-order valence-electron chi connectivity index (χ4n) is 2.01. The van der Waals surface area contributed by atoms with E-state index in [2.05, 4.69) is 14.9 Å². The summed E-state index contributed by atoms with van der Waals surface area (Å²) in [5.74, 6) is 0.359. The zero-order valence-electron chi connectivity index (χ0n) is 14.1. The number of aromatic nitrogens is 2. The maximum absolute atomic E-state index is 11.9. The number of thiophene rings is 1. The first-order valence-electron chi connectivity index (χ1n) is 7.64. The molecular weight excluding hydrogens is 394 g/mol. The molecule has 142 valence electrons. The van der Waals surface area contributed by atoms with Crippen LogP contribution in [0, 0.1) is 0 Å². The Kier molecular flexibility index (Phi) is 5.84. The van der Waals surface area contributed by atoms with Crippen molar-refractivity contribution in [2.75, 3.05) is 13.7 Å². The van der Waals surface area contributed by atoms with E-state index in [0.717, 1.165) is 11.3 Å². The zero-order valence-corrected chi connectivity index (χ0v) is 15.7. The van der Waals surface area contributed by atoms with Crippen LogP contribution in [-0.2, 0) is 26.2 Å². The number of methoxy groups -OCH3 is 1. The number of nitrogens with one attached hydrogen (secondary N) is 1. The summed E-state index contributed by atoms with van der Waals surface area (Å²) in [5, 5.41) is 5.44. The van der Waals surface area contributed by atoms with Gasteiger partial charge in [0.05, 0.1) is 7.11 Å². The highest BCUT2D eigenvalue weighted by Gasteiger charge is 2.17. The molecule has 1 N–H and O–H groups in total. The van der Waals surface area contributed by atoms with Gasteiger partial charge in [0, 0.05) is 5.56 Å². The van der Waals surface area contributed by atoms with Gasteiger partial charge in [0.1, 0.15) is 16.5 Å². The molecule has 0 unspecified atom stereocenters. The van der Waals surface area contributed by atoms with Crippen molar-refractivity contribution in [3.63, 3.8) is 0 Å². The van der Waals surface area contributed by atoms with E-state index in [1.54, 1.807) is 42.8 Å². The normalized spacial score (nSPS) is 11.3. The molecule has 3 aromatic rings. The molecule has 0 aliphatic rings. The second kappa shape index (κ2) is 8.29. The van der Waals surface area contributed by atoms with Gasteiger partial charge in [-0.1, -0.05) is 11.2 Å². The summed E-state index contributed by atoms with van der Waals surface area (Å²) in [6.45, 7) is -0.761. The Morgan fingerprint density at radius 2 is 2.04 bits per heavy atom. The van der Waals surface area contributed by atoms with Gasteiger partial charge in [-0.2, -0.15) is 9.71 Å². The number of rotatable bonds is 8. The second-order valence-electron chi connectivity index (χ2n) is 5.16. The highest BCUT2D eigenvalue weighted by Crippen LogP contribution is 2.20. The van der Waals surface area contributed by atoms with Crippen LogP contribution in [0.5, 0.6) is 5.75 Å². The van der Waals surface area contributed by atoms with E-state index in [9.17, 15) is 13.2 Å². The Labute approximate surface area is 159 Å². The molecule has 0 spiro atoms. The summed E-state index contributed by atoms with van der Waals surface area (Å²) in [6.07, 6.45) is 0. The summed E-state index contributed by atoms with van der Waals surface area (Å²) < 4.78 is 41.2. The number of carbonyl (C=O) groups is 1. The average molecular weight is 409 g/mol. The van der Waals surface area contributed by atoms with Crippen LogP contribution < -0.4 is 9.46 Å². The summed E-state index contributed by atoms with van der Waals surface area (Å²) in [6, 6.07) is 10.1. The largest absolute Gasteiger partial charge is 0.497 e. The second-order valence-corrected chi connectivity index (χ2v) is 8.10. The Hall–Kier alpha value is -2.76. The molecule has 0 radical (unpaired) electrons. The lowest BCUT2D eigenvalue weighted by Gasteiger charge is -2.04. The number of sulfonamides is 1. The molecule has 11 heteroatoms. The van der Waals surface area contributed by atoms with Gasteiger partial charge in [-0.25, -0.2) is 8.42 Å².